The molecule has 2 heteroatoms. The number of rotatable bonds is 0. The molecule has 0 aliphatic heterocycles. The van der Waals surface area contributed by atoms with Gasteiger partial charge in [0.2, 0.25) is 0 Å². The molecule has 0 heterocycles. The second-order valence-electron chi connectivity index (χ2n) is 0.0845. The molecule has 5 heavy (non-hydrogen) atoms. The molecular weight excluding hydrogens is 130 g/mol. The molecule has 30 valence electrons. The first-order chi connectivity index (χ1) is 2.41. The highest BCUT2D eigenvalue weighted by Gasteiger charge is 1.23. The number of hydrogen-bond acceptors (Lipinski definition) is 1. The summed E-state index contributed by atoms with van der Waals surface area (Å²) in [6.07, 6.45) is 0. The van der Waals surface area contributed by atoms with Gasteiger partial charge in [0.25, 0.3) is 0 Å². The van der Waals surface area contributed by atoms with Crippen molar-refractivity contribution >= 4 is 15.9 Å². The van der Waals surface area contributed by atoms with Gasteiger partial charge in [-0.2, -0.15) is 5.26 Å². The molecule has 1 nitrogen and oxygen atoms in total. The highest BCUT2D eigenvalue weighted by atomic mass is 79.9. The van der Waals surface area contributed by atoms with E-state index in [1.807, 2.05) is 13.8 Å². The van der Waals surface area contributed by atoms with Crippen LogP contribution < -0.4 is 0 Å². The fourth-order valence-corrected chi connectivity index (χ4v) is 0. The molecule has 0 atom stereocenters. The zero-order valence-corrected chi connectivity index (χ0v) is 4.91. The summed E-state index contributed by atoms with van der Waals surface area (Å²) in [4.78, 5) is 1.56. The minimum Gasteiger partial charge on any atom is -0.185 e. The van der Waals surface area contributed by atoms with Gasteiger partial charge in [0, 0.05) is 15.9 Å². The Bertz CT molecular complexity index is 28.4. The minimum atomic E-state index is 1.56. The van der Waals surface area contributed by atoms with Crippen molar-refractivity contribution in [3.8, 4) is 4.98 Å². The lowest BCUT2D eigenvalue weighted by Crippen LogP contribution is -0.920. The Morgan fingerprint density at radius 3 is 1.60 bits per heavy atom. The predicted molar refractivity (Wildman–Crippen MR) is 25.9 cm³/mol. The minimum absolute atomic E-state index is 1.56. The SMILES string of the molecule is CC.N#CBr. The molecule has 0 rings (SSSR count). The van der Waals surface area contributed by atoms with Crippen molar-refractivity contribution in [1.29, 1.82) is 5.26 Å². The van der Waals surface area contributed by atoms with Crippen LogP contribution >= 0.6 is 15.9 Å². The zero-order valence-electron chi connectivity index (χ0n) is 3.33. The summed E-state index contributed by atoms with van der Waals surface area (Å²) >= 11 is 2.45. The molecule has 0 aromatic rings. The van der Waals surface area contributed by atoms with Crippen molar-refractivity contribution in [3.05, 3.63) is 0 Å². The lowest BCUT2D eigenvalue weighted by molar-refractivity contribution is 1.50. The van der Waals surface area contributed by atoms with E-state index in [2.05, 4.69) is 15.9 Å². The van der Waals surface area contributed by atoms with E-state index in [1.165, 1.54) is 0 Å². The van der Waals surface area contributed by atoms with Gasteiger partial charge in [-0.25, -0.2) is 0 Å². The molecule has 0 aromatic carbocycles. The topological polar surface area (TPSA) is 23.8 Å². The predicted octanol–water partition coefficient (Wildman–Crippen LogP) is 1.89. The third kappa shape index (κ3) is 17100. The van der Waals surface area contributed by atoms with Crippen LogP contribution in [-0.2, 0) is 0 Å². The summed E-state index contributed by atoms with van der Waals surface area (Å²) in [5.74, 6) is 0. The Balaban J connectivity index is 0. The van der Waals surface area contributed by atoms with E-state index in [9.17, 15) is 0 Å². The van der Waals surface area contributed by atoms with Crippen LogP contribution in [0.25, 0.3) is 0 Å². The first-order valence-electron chi connectivity index (χ1n) is 1.41. The van der Waals surface area contributed by atoms with Gasteiger partial charge in [-0.3, -0.25) is 0 Å². The number of nitriles is 1. The largest absolute Gasteiger partial charge is 0.185 e. The molecule has 0 unspecified atom stereocenters. The van der Waals surface area contributed by atoms with Gasteiger partial charge in [-0.1, -0.05) is 13.8 Å². The van der Waals surface area contributed by atoms with Crippen molar-refractivity contribution in [2.24, 2.45) is 0 Å². The Morgan fingerprint density at radius 2 is 1.60 bits per heavy atom. The molecule has 0 fully saturated rings. The van der Waals surface area contributed by atoms with E-state index in [0.29, 0.717) is 0 Å². The maximum Gasteiger partial charge on any atom is 0.142 e. The first kappa shape index (κ1) is 8.88. The van der Waals surface area contributed by atoms with Crippen LogP contribution in [0.2, 0.25) is 0 Å². The fourth-order valence-electron chi connectivity index (χ4n) is 0. The van der Waals surface area contributed by atoms with Crippen molar-refractivity contribution in [1.82, 2.24) is 0 Å². The summed E-state index contributed by atoms with van der Waals surface area (Å²) in [6.45, 7) is 4.00. The molecule has 0 bridgehead atoms. The first-order valence-corrected chi connectivity index (χ1v) is 2.21. The highest BCUT2D eigenvalue weighted by Crippen LogP contribution is 1.58. The third-order valence-electron chi connectivity index (χ3n) is 0. The van der Waals surface area contributed by atoms with Crippen LogP contribution in [0.3, 0.4) is 0 Å². The second kappa shape index (κ2) is 37.2. The third-order valence-corrected chi connectivity index (χ3v) is 0. The van der Waals surface area contributed by atoms with Gasteiger partial charge < -0.3 is 0 Å². The zero-order chi connectivity index (χ0) is 4.71. The van der Waals surface area contributed by atoms with Crippen LogP contribution in [0.5, 0.6) is 0 Å². The molecule has 0 saturated carbocycles. The monoisotopic (exact) mass is 135 g/mol. The van der Waals surface area contributed by atoms with Crippen molar-refractivity contribution in [2.75, 3.05) is 0 Å². The summed E-state index contributed by atoms with van der Waals surface area (Å²) in [6, 6.07) is 0. The molecular formula is C3H6BrN. The molecule has 0 aliphatic rings. The maximum absolute atomic E-state index is 7.24. The second-order valence-corrected chi connectivity index (χ2v) is 0.439. The van der Waals surface area contributed by atoms with E-state index in [-0.39, 0.29) is 0 Å². The van der Waals surface area contributed by atoms with E-state index in [1.54, 1.807) is 4.98 Å². The molecule has 0 aliphatic carbocycles. The summed E-state index contributed by atoms with van der Waals surface area (Å²) < 4.78 is 0. The van der Waals surface area contributed by atoms with Gasteiger partial charge in [0.15, 0.2) is 0 Å². The molecule has 0 radical (unpaired) electrons. The Morgan fingerprint density at radius 1 is 1.60 bits per heavy atom. The smallest absolute Gasteiger partial charge is 0.142 e. The number of halogens is 1. The Hall–Kier alpha value is -0.0300. The van der Waals surface area contributed by atoms with Crippen LogP contribution in [0.15, 0.2) is 0 Å². The summed E-state index contributed by atoms with van der Waals surface area (Å²) in [5, 5.41) is 7.24. The number of hydrogen-bond donors (Lipinski definition) is 0. The highest BCUT2D eigenvalue weighted by molar-refractivity contribution is 9.12. The summed E-state index contributed by atoms with van der Waals surface area (Å²) in [7, 11) is 0. The van der Waals surface area contributed by atoms with Gasteiger partial charge in [-0.05, 0) is 0 Å². The molecule has 0 spiro atoms. The molecule has 0 N–H and O–H groups in total. The molecule has 0 saturated heterocycles. The van der Waals surface area contributed by atoms with Gasteiger partial charge in [0.1, 0.15) is 4.98 Å². The normalized spacial score (nSPS) is 2.80. The van der Waals surface area contributed by atoms with Gasteiger partial charge in [0.05, 0.1) is 0 Å². The van der Waals surface area contributed by atoms with Crippen LogP contribution in [0, 0.1) is 10.2 Å². The van der Waals surface area contributed by atoms with Crippen molar-refractivity contribution in [3.63, 3.8) is 0 Å². The average Bonchev–Trinajstić information content (AvgIpc) is 1.46. The van der Waals surface area contributed by atoms with Crippen molar-refractivity contribution in [2.45, 2.75) is 13.8 Å². The average molecular weight is 136 g/mol. The van der Waals surface area contributed by atoms with E-state index < -0.39 is 0 Å². The van der Waals surface area contributed by atoms with Crippen LogP contribution in [-0.4, -0.2) is 0 Å². The molecule has 0 aromatic heterocycles. The lowest BCUT2D eigenvalue weighted by atomic mass is 11.0. The fraction of sp³-hybridized carbons (Fsp3) is 0.667. The van der Waals surface area contributed by atoms with E-state index in [0.717, 1.165) is 0 Å². The standard InChI is InChI=1S/C2H6.CBrN/c1-2;2-1-3/h1-2H3;. The van der Waals surface area contributed by atoms with E-state index in [4.69, 9.17) is 5.26 Å². The van der Waals surface area contributed by atoms with Crippen LogP contribution in [0.4, 0.5) is 0 Å². The molecule has 0 amide bonds. The van der Waals surface area contributed by atoms with Crippen molar-refractivity contribution < 1.29 is 0 Å². The van der Waals surface area contributed by atoms with Gasteiger partial charge in [-0.15, -0.1) is 0 Å². The lowest BCUT2D eigenvalue weighted by Gasteiger charge is -1.10. The van der Waals surface area contributed by atoms with Gasteiger partial charge >= 0.3 is 0 Å². The summed E-state index contributed by atoms with van der Waals surface area (Å²) in [5.41, 5.74) is 0. The van der Waals surface area contributed by atoms with E-state index >= 15 is 0 Å². The Labute approximate surface area is 40.7 Å². The van der Waals surface area contributed by atoms with Crippen LogP contribution in [0.1, 0.15) is 13.8 Å². The Kier molecular flexibility index (Phi) is 66.1. The maximum atomic E-state index is 7.24. The number of nitrogens with zero attached hydrogens (tertiary/aromatic N) is 1. The quantitative estimate of drug-likeness (QED) is 0.498.